The summed E-state index contributed by atoms with van der Waals surface area (Å²) in [5, 5.41) is 10.6. The van der Waals surface area contributed by atoms with Crippen molar-refractivity contribution in [2.75, 3.05) is 0 Å². The van der Waals surface area contributed by atoms with Gasteiger partial charge in [0.1, 0.15) is 22.9 Å². The third kappa shape index (κ3) is 2.45. The first kappa shape index (κ1) is 13.9. The largest absolute Gasteiger partial charge is 0.381 e. The van der Waals surface area contributed by atoms with Crippen molar-refractivity contribution < 1.29 is 18.3 Å². The first-order valence-electron chi connectivity index (χ1n) is 5.99. The summed E-state index contributed by atoms with van der Waals surface area (Å²) in [6.45, 7) is 2.48. The summed E-state index contributed by atoms with van der Waals surface area (Å²) >= 11 is 0. The number of benzene rings is 1. The van der Waals surface area contributed by atoms with Crippen molar-refractivity contribution >= 4 is 5.57 Å². The van der Waals surface area contributed by atoms with Crippen molar-refractivity contribution in [1.82, 2.24) is 0 Å². The average molecular weight is 268 g/mol. The van der Waals surface area contributed by atoms with Crippen LogP contribution in [0, 0.1) is 5.82 Å². The second-order valence-corrected chi connectivity index (χ2v) is 5.19. The van der Waals surface area contributed by atoms with Crippen LogP contribution in [0.1, 0.15) is 25.8 Å². The van der Waals surface area contributed by atoms with E-state index in [9.17, 15) is 18.3 Å². The summed E-state index contributed by atoms with van der Waals surface area (Å²) in [4.78, 5) is 0. The molecule has 0 saturated heterocycles. The van der Waals surface area contributed by atoms with Gasteiger partial charge in [0.2, 0.25) is 0 Å². The van der Waals surface area contributed by atoms with Gasteiger partial charge in [0.15, 0.2) is 0 Å². The van der Waals surface area contributed by atoms with E-state index in [4.69, 9.17) is 0 Å². The van der Waals surface area contributed by atoms with Gasteiger partial charge < -0.3 is 5.11 Å². The molecule has 0 aliphatic heterocycles. The van der Waals surface area contributed by atoms with Crippen LogP contribution in [0.2, 0.25) is 0 Å². The lowest BCUT2D eigenvalue weighted by molar-refractivity contribution is -0.0374. The van der Waals surface area contributed by atoms with Crippen molar-refractivity contribution in [2.45, 2.75) is 31.5 Å². The molecule has 1 atom stereocenters. The Morgan fingerprint density at radius 3 is 2.26 bits per heavy atom. The maximum atomic E-state index is 14.3. The van der Waals surface area contributed by atoms with E-state index in [-0.39, 0.29) is 12.0 Å². The monoisotopic (exact) mass is 268 g/mol. The van der Waals surface area contributed by atoms with Gasteiger partial charge in [0, 0.05) is 6.42 Å². The topological polar surface area (TPSA) is 20.2 Å². The molecule has 0 aromatic heterocycles. The molecule has 2 rings (SSSR count). The number of halogens is 3. The zero-order chi connectivity index (χ0) is 14.3. The van der Waals surface area contributed by atoms with Crippen LogP contribution in [0.3, 0.4) is 0 Å². The Labute approximate surface area is 110 Å². The lowest BCUT2D eigenvalue weighted by Gasteiger charge is -2.40. The molecular formula is C15H15F3O. The van der Waals surface area contributed by atoms with Gasteiger partial charge in [0.25, 0.3) is 0 Å². The maximum absolute atomic E-state index is 14.3. The van der Waals surface area contributed by atoms with E-state index in [2.05, 4.69) is 0 Å². The van der Waals surface area contributed by atoms with Gasteiger partial charge in [-0.2, -0.15) is 0 Å². The Morgan fingerprint density at radius 2 is 1.74 bits per heavy atom. The van der Waals surface area contributed by atoms with Gasteiger partial charge in [-0.1, -0.05) is 12.1 Å². The minimum Gasteiger partial charge on any atom is -0.381 e. The van der Waals surface area contributed by atoms with E-state index >= 15 is 0 Å². The van der Waals surface area contributed by atoms with E-state index < -0.39 is 22.9 Å². The lowest BCUT2D eigenvalue weighted by atomic mass is 9.73. The minimum atomic E-state index is -1.95. The molecule has 0 radical (unpaired) electrons. The highest BCUT2D eigenvalue weighted by Crippen LogP contribution is 2.44. The molecule has 4 heteroatoms. The van der Waals surface area contributed by atoms with Crippen molar-refractivity contribution in [1.29, 1.82) is 0 Å². The molecule has 0 heterocycles. The second kappa shape index (κ2) is 4.53. The lowest BCUT2D eigenvalue weighted by Crippen LogP contribution is -2.48. The first-order valence-corrected chi connectivity index (χ1v) is 5.99. The molecule has 19 heavy (non-hydrogen) atoms. The predicted molar refractivity (Wildman–Crippen MR) is 68.3 cm³/mol. The van der Waals surface area contributed by atoms with Crippen molar-refractivity contribution in [3.05, 3.63) is 53.6 Å². The molecule has 0 fully saturated rings. The summed E-state index contributed by atoms with van der Waals surface area (Å²) in [6, 6.07) is 5.18. The molecule has 1 unspecified atom stereocenters. The van der Waals surface area contributed by atoms with Gasteiger partial charge in [-0.25, -0.2) is 13.2 Å². The second-order valence-electron chi connectivity index (χ2n) is 5.19. The van der Waals surface area contributed by atoms with E-state index in [1.807, 2.05) is 0 Å². The number of alkyl halides is 1. The molecule has 1 aliphatic carbocycles. The molecule has 1 aromatic carbocycles. The van der Waals surface area contributed by atoms with Crippen LogP contribution in [-0.2, 0) is 0 Å². The molecule has 1 aromatic rings. The number of rotatable bonds is 2. The number of hydrogen-bond acceptors (Lipinski definition) is 1. The number of allylic oxidation sites excluding steroid dienone is 2. The fraction of sp³-hybridized carbons (Fsp3) is 0.333. The highest BCUT2D eigenvalue weighted by atomic mass is 19.1. The molecule has 0 amide bonds. The molecule has 1 aliphatic rings. The van der Waals surface area contributed by atoms with Crippen LogP contribution in [0.15, 0.2) is 42.2 Å². The van der Waals surface area contributed by atoms with Gasteiger partial charge in [0.05, 0.1) is 0 Å². The maximum Gasteiger partial charge on any atom is 0.138 e. The molecular weight excluding hydrogens is 253 g/mol. The summed E-state index contributed by atoms with van der Waals surface area (Å²) < 4.78 is 40.6. The van der Waals surface area contributed by atoms with Crippen LogP contribution in [-0.4, -0.2) is 16.4 Å². The Kier molecular flexibility index (Phi) is 3.31. The Balaban J connectivity index is 2.55. The van der Waals surface area contributed by atoms with Crippen LogP contribution >= 0.6 is 0 Å². The highest BCUT2D eigenvalue weighted by Gasteiger charge is 2.48. The average Bonchev–Trinajstić information content (AvgIpc) is 2.32. The van der Waals surface area contributed by atoms with E-state index in [0.717, 1.165) is 12.2 Å². The number of aliphatic hydroxyl groups is 1. The fourth-order valence-corrected chi connectivity index (χ4v) is 2.19. The molecule has 102 valence electrons. The number of hydrogen-bond donors (Lipinski definition) is 1. The summed E-state index contributed by atoms with van der Waals surface area (Å²) in [5.74, 6) is -0.979. The van der Waals surface area contributed by atoms with Gasteiger partial charge >= 0.3 is 0 Å². The predicted octanol–water partition coefficient (Wildman–Crippen LogP) is 3.95. The SMILES string of the molecule is CC(C)(F)C1(O)CC=C(F)C=C1c1ccc(F)cc1. The molecule has 1 N–H and O–H groups in total. The fourth-order valence-electron chi connectivity index (χ4n) is 2.19. The standard InChI is InChI=1S/C15H15F3O/c1-14(2,18)15(19)8-7-12(17)9-13(15)10-3-5-11(16)6-4-10/h3-7,9,19H,8H2,1-2H3. The van der Waals surface area contributed by atoms with Gasteiger partial charge in [-0.3, -0.25) is 0 Å². The van der Waals surface area contributed by atoms with Crippen LogP contribution in [0.25, 0.3) is 5.57 Å². The zero-order valence-corrected chi connectivity index (χ0v) is 10.8. The van der Waals surface area contributed by atoms with Crippen molar-refractivity contribution in [3.63, 3.8) is 0 Å². The molecule has 0 saturated carbocycles. The van der Waals surface area contributed by atoms with Gasteiger partial charge in [-0.05, 0) is 49.3 Å². The van der Waals surface area contributed by atoms with Crippen LogP contribution in [0.4, 0.5) is 13.2 Å². The van der Waals surface area contributed by atoms with Gasteiger partial charge in [-0.15, -0.1) is 0 Å². The summed E-state index contributed by atoms with van der Waals surface area (Å²) in [7, 11) is 0. The minimum absolute atomic E-state index is 0.125. The van der Waals surface area contributed by atoms with E-state index in [1.165, 1.54) is 38.1 Å². The Bertz CT molecular complexity index is 538. The highest BCUT2D eigenvalue weighted by molar-refractivity contribution is 5.76. The van der Waals surface area contributed by atoms with Crippen molar-refractivity contribution in [3.8, 4) is 0 Å². The van der Waals surface area contributed by atoms with E-state index in [1.54, 1.807) is 0 Å². The third-order valence-corrected chi connectivity index (χ3v) is 3.46. The van der Waals surface area contributed by atoms with E-state index in [0.29, 0.717) is 5.56 Å². The summed E-state index contributed by atoms with van der Waals surface area (Å²) in [5.41, 5.74) is -3.26. The van der Waals surface area contributed by atoms with Crippen LogP contribution < -0.4 is 0 Å². The molecule has 1 nitrogen and oxygen atoms in total. The first-order chi connectivity index (χ1) is 8.74. The quantitative estimate of drug-likeness (QED) is 0.861. The summed E-state index contributed by atoms with van der Waals surface area (Å²) in [6.07, 6.45) is 2.08. The Hall–Kier alpha value is -1.55. The third-order valence-electron chi connectivity index (χ3n) is 3.46. The molecule has 0 spiro atoms. The molecule has 0 bridgehead atoms. The van der Waals surface area contributed by atoms with Crippen molar-refractivity contribution in [2.24, 2.45) is 0 Å². The van der Waals surface area contributed by atoms with Crippen LogP contribution in [0.5, 0.6) is 0 Å². The normalized spacial score (nSPS) is 23.9. The Morgan fingerprint density at radius 1 is 1.16 bits per heavy atom. The zero-order valence-electron chi connectivity index (χ0n) is 10.8. The smallest absolute Gasteiger partial charge is 0.138 e.